The van der Waals surface area contributed by atoms with Crippen molar-refractivity contribution < 1.29 is 9.47 Å². The molecule has 0 aromatic carbocycles. The highest BCUT2D eigenvalue weighted by atomic mass is 16.7. The highest BCUT2D eigenvalue weighted by Crippen LogP contribution is 2.18. The van der Waals surface area contributed by atoms with Crippen LogP contribution in [0, 0.1) is 11.8 Å². The standard InChI is InChI=1S/C12H17NO2/c1-10-11(7-8-15-9-14-2)5-3-4-6-12(10)13/h6H,5,7-9,13H2,1-2H3. The van der Waals surface area contributed by atoms with Crippen LogP contribution in [0.5, 0.6) is 0 Å². The van der Waals surface area contributed by atoms with Crippen LogP contribution >= 0.6 is 0 Å². The fourth-order valence-electron chi connectivity index (χ4n) is 1.34. The van der Waals surface area contributed by atoms with Gasteiger partial charge in [0.25, 0.3) is 0 Å². The highest BCUT2D eigenvalue weighted by molar-refractivity contribution is 5.41. The first-order chi connectivity index (χ1) is 7.25. The summed E-state index contributed by atoms with van der Waals surface area (Å²) in [5.41, 5.74) is 8.97. The summed E-state index contributed by atoms with van der Waals surface area (Å²) in [7, 11) is 1.61. The Morgan fingerprint density at radius 1 is 1.53 bits per heavy atom. The third-order valence-electron chi connectivity index (χ3n) is 2.34. The van der Waals surface area contributed by atoms with Gasteiger partial charge in [0.15, 0.2) is 0 Å². The van der Waals surface area contributed by atoms with Crippen LogP contribution in [0.2, 0.25) is 0 Å². The molecule has 0 saturated heterocycles. The summed E-state index contributed by atoms with van der Waals surface area (Å²) in [6.45, 7) is 3.00. The Bertz CT molecular complexity index is 331. The van der Waals surface area contributed by atoms with Gasteiger partial charge in [-0.05, 0) is 18.9 Å². The Morgan fingerprint density at radius 3 is 3.07 bits per heavy atom. The number of hydrogen-bond donors (Lipinski definition) is 1. The Hall–Kier alpha value is -1.24. The molecule has 1 aliphatic rings. The van der Waals surface area contributed by atoms with Crippen molar-refractivity contribution in [2.75, 3.05) is 20.5 Å². The molecule has 0 radical (unpaired) electrons. The van der Waals surface area contributed by atoms with Gasteiger partial charge in [0.2, 0.25) is 0 Å². The van der Waals surface area contributed by atoms with E-state index in [9.17, 15) is 0 Å². The van der Waals surface area contributed by atoms with Crippen molar-refractivity contribution in [3.05, 3.63) is 22.9 Å². The minimum absolute atomic E-state index is 0.337. The Balaban J connectivity index is 2.50. The second-order valence-corrected chi connectivity index (χ2v) is 3.39. The molecule has 0 amide bonds. The summed E-state index contributed by atoms with van der Waals surface area (Å²) < 4.78 is 10.0. The highest BCUT2D eigenvalue weighted by Gasteiger charge is 2.06. The largest absolute Gasteiger partial charge is 0.398 e. The van der Waals surface area contributed by atoms with Crippen molar-refractivity contribution >= 4 is 0 Å². The summed E-state index contributed by atoms with van der Waals surface area (Å²) in [4.78, 5) is 0. The van der Waals surface area contributed by atoms with E-state index < -0.39 is 0 Å². The predicted molar refractivity (Wildman–Crippen MR) is 59.8 cm³/mol. The molecule has 0 heterocycles. The Kier molecular flexibility index (Phi) is 4.96. The van der Waals surface area contributed by atoms with Gasteiger partial charge in [0, 0.05) is 25.3 Å². The van der Waals surface area contributed by atoms with Gasteiger partial charge in [0.05, 0.1) is 6.61 Å². The van der Waals surface area contributed by atoms with Crippen LogP contribution in [-0.2, 0) is 9.47 Å². The van der Waals surface area contributed by atoms with Gasteiger partial charge in [-0.2, -0.15) is 0 Å². The molecule has 0 aromatic rings. The zero-order valence-corrected chi connectivity index (χ0v) is 9.30. The Labute approximate surface area is 90.9 Å². The van der Waals surface area contributed by atoms with Crippen LogP contribution < -0.4 is 5.73 Å². The average molecular weight is 207 g/mol. The first-order valence-corrected chi connectivity index (χ1v) is 4.95. The molecule has 0 atom stereocenters. The molecular weight excluding hydrogens is 190 g/mol. The minimum atomic E-state index is 0.337. The smallest absolute Gasteiger partial charge is 0.146 e. The van der Waals surface area contributed by atoms with E-state index in [0.29, 0.717) is 13.4 Å². The molecule has 3 nitrogen and oxygen atoms in total. The number of methoxy groups -OCH3 is 1. The molecule has 3 heteroatoms. The van der Waals surface area contributed by atoms with Crippen LogP contribution in [0.4, 0.5) is 0 Å². The summed E-state index contributed by atoms with van der Waals surface area (Å²) in [5, 5.41) is 0. The van der Waals surface area contributed by atoms with Gasteiger partial charge in [-0.15, -0.1) is 0 Å². The first-order valence-electron chi connectivity index (χ1n) is 4.95. The number of ether oxygens (including phenoxy) is 2. The van der Waals surface area contributed by atoms with E-state index in [2.05, 4.69) is 11.8 Å². The van der Waals surface area contributed by atoms with E-state index in [1.165, 1.54) is 5.57 Å². The van der Waals surface area contributed by atoms with Crippen molar-refractivity contribution in [3.63, 3.8) is 0 Å². The third kappa shape index (κ3) is 3.78. The van der Waals surface area contributed by atoms with Crippen molar-refractivity contribution in [3.8, 4) is 11.8 Å². The lowest BCUT2D eigenvalue weighted by Crippen LogP contribution is -2.04. The van der Waals surface area contributed by atoms with E-state index in [4.69, 9.17) is 15.2 Å². The minimum Gasteiger partial charge on any atom is -0.398 e. The lowest BCUT2D eigenvalue weighted by molar-refractivity contribution is -0.0292. The quantitative estimate of drug-likeness (QED) is 0.423. The molecule has 0 unspecified atom stereocenters. The van der Waals surface area contributed by atoms with Crippen LogP contribution in [0.3, 0.4) is 0 Å². The summed E-state index contributed by atoms with van der Waals surface area (Å²) in [6, 6.07) is 0. The lowest BCUT2D eigenvalue weighted by Gasteiger charge is -2.09. The van der Waals surface area contributed by atoms with E-state index in [1.807, 2.05) is 6.92 Å². The van der Waals surface area contributed by atoms with Crippen molar-refractivity contribution in [1.29, 1.82) is 0 Å². The monoisotopic (exact) mass is 207 g/mol. The topological polar surface area (TPSA) is 44.5 Å². The van der Waals surface area contributed by atoms with Crippen molar-refractivity contribution in [2.45, 2.75) is 19.8 Å². The van der Waals surface area contributed by atoms with Crippen LogP contribution in [0.1, 0.15) is 19.8 Å². The Morgan fingerprint density at radius 2 is 2.33 bits per heavy atom. The van der Waals surface area contributed by atoms with Gasteiger partial charge < -0.3 is 15.2 Å². The molecule has 82 valence electrons. The molecule has 0 aliphatic heterocycles. The van der Waals surface area contributed by atoms with Gasteiger partial charge in [-0.3, -0.25) is 0 Å². The number of nitrogens with two attached hydrogens (primary N) is 1. The second kappa shape index (κ2) is 6.28. The van der Waals surface area contributed by atoms with E-state index in [-0.39, 0.29) is 0 Å². The van der Waals surface area contributed by atoms with E-state index >= 15 is 0 Å². The van der Waals surface area contributed by atoms with Gasteiger partial charge in [0.1, 0.15) is 6.79 Å². The van der Waals surface area contributed by atoms with Gasteiger partial charge >= 0.3 is 0 Å². The molecule has 2 N–H and O–H groups in total. The molecule has 0 bridgehead atoms. The molecule has 1 aliphatic carbocycles. The molecule has 1 rings (SSSR count). The average Bonchev–Trinajstić information content (AvgIpc) is 2.39. The maximum absolute atomic E-state index is 5.83. The van der Waals surface area contributed by atoms with Gasteiger partial charge in [-0.1, -0.05) is 17.4 Å². The van der Waals surface area contributed by atoms with E-state index in [0.717, 1.165) is 24.1 Å². The van der Waals surface area contributed by atoms with Gasteiger partial charge in [-0.25, -0.2) is 0 Å². The summed E-state index contributed by atoms with van der Waals surface area (Å²) in [5.74, 6) is 5.96. The van der Waals surface area contributed by atoms with Crippen molar-refractivity contribution in [1.82, 2.24) is 0 Å². The fourth-order valence-corrected chi connectivity index (χ4v) is 1.34. The van der Waals surface area contributed by atoms with E-state index in [1.54, 1.807) is 13.2 Å². The fraction of sp³-hybridized carbons (Fsp3) is 0.500. The molecule has 0 fully saturated rings. The molecular formula is C12H17NO2. The molecule has 0 aromatic heterocycles. The molecule has 0 saturated carbocycles. The van der Waals surface area contributed by atoms with Crippen LogP contribution in [-0.4, -0.2) is 20.5 Å². The summed E-state index contributed by atoms with van der Waals surface area (Å²) >= 11 is 0. The SMILES string of the molecule is COCOCCC1=C(C)C(N)=CC#CC1. The predicted octanol–water partition coefficient (Wildman–Crippen LogP) is 1.56. The zero-order valence-electron chi connectivity index (χ0n) is 9.30. The van der Waals surface area contributed by atoms with Crippen LogP contribution in [0.15, 0.2) is 22.9 Å². The molecule has 15 heavy (non-hydrogen) atoms. The zero-order chi connectivity index (χ0) is 11.1. The maximum Gasteiger partial charge on any atom is 0.146 e. The van der Waals surface area contributed by atoms with Crippen LogP contribution in [0.25, 0.3) is 0 Å². The summed E-state index contributed by atoms with van der Waals surface area (Å²) in [6.07, 6.45) is 3.40. The number of hydrogen-bond acceptors (Lipinski definition) is 3. The molecule has 0 spiro atoms. The first kappa shape index (κ1) is 11.8. The lowest BCUT2D eigenvalue weighted by atomic mass is 10.0. The normalized spacial score (nSPS) is 15.5. The number of rotatable bonds is 5. The second-order valence-electron chi connectivity index (χ2n) is 3.39. The maximum atomic E-state index is 5.83. The van der Waals surface area contributed by atoms with Crippen molar-refractivity contribution in [2.24, 2.45) is 5.73 Å². The third-order valence-corrected chi connectivity index (χ3v) is 2.34. The number of allylic oxidation sites excluding steroid dienone is 2.